The number of fused-ring (bicyclic) bond motifs is 3. The van der Waals surface area contributed by atoms with Gasteiger partial charge in [-0.1, -0.05) is 36.4 Å². The summed E-state index contributed by atoms with van der Waals surface area (Å²) in [7, 11) is 0. The van der Waals surface area contributed by atoms with Crippen LogP contribution in [0, 0.1) is 11.7 Å². The minimum absolute atomic E-state index is 0.00850. The molecule has 1 unspecified atom stereocenters. The van der Waals surface area contributed by atoms with E-state index in [0.717, 1.165) is 24.8 Å². The van der Waals surface area contributed by atoms with Gasteiger partial charge < -0.3 is 10.3 Å². The number of carbonyl (C=O) groups excluding carboxylic acids is 1. The molecule has 4 rings (SSSR count). The van der Waals surface area contributed by atoms with E-state index in [9.17, 15) is 9.18 Å². The minimum atomic E-state index is -0.277. The first-order valence-electron chi connectivity index (χ1n) is 8.32. The first-order valence-corrected chi connectivity index (χ1v) is 8.32. The first kappa shape index (κ1) is 14.9. The smallest absolute Gasteiger partial charge is 0.223 e. The third-order valence-corrected chi connectivity index (χ3v) is 4.88. The number of nitrogens with one attached hydrogen (secondary N) is 2. The third-order valence-electron chi connectivity index (χ3n) is 4.88. The molecule has 1 atom stereocenters. The maximum Gasteiger partial charge on any atom is 0.223 e. The van der Waals surface area contributed by atoms with Crippen LogP contribution in [0.3, 0.4) is 0 Å². The first-order chi connectivity index (χ1) is 11.7. The highest BCUT2D eigenvalue weighted by Gasteiger charge is 2.27. The summed E-state index contributed by atoms with van der Waals surface area (Å²) in [4.78, 5) is 16.0. The number of aromatic nitrogens is 1. The summed E-state index contributed by atoms with van der Waals surface area (Å²) in [6.45, 7) is 0.239. The number of para-hydroxylation sites is 1. The zero-order valence-electron chi connectivity index (χ0n) is 13.3. The molecule has 1 aromatic heterocycles. The van der Waals surface area contributed by atoms with Gasteiger partial charge in [-0.2, -0.15) is 0 Å². The Morgan fingerprint density at radius 2 is 1.96 bits per heavy atom. The molecule has 0 radical (unpaired) electrons. The standard InChI is InChI=1S/C20H19FN2O/c21-17-7-3-1-5-14(17)12-22-20(24)13-9-10-19-16(11-13)15-6-2-4-8-18(15)23-19/h1-8,13,23H,9-12H2,(H,22,24). The Labute approximate surface area is 139 Å². The van der Waals surface area contributed by atoms with Crippen LogP contribution in [0.2, 0.25) is 0 Å². The van der Waals surface area contributed by atoms with Gasteiger partial charge in [0.05, 0.1) is 0 Å². The predicted molar refractivity (Wildman–Crippen MR) is 92.1 cm³/mol. The van der Waals surface area contributed by atoms with E-state index in [1.807, 2.05) is 12.1 Å². The highest BCUT2D eigenvalue weighted by Crippen LogP contribution is 2.31. The van der Waals surface area contributed by atoms with E-state index in [1.54, 1.807) is 18.2 Å². The number of carbonyl (C=O) groups is 1. The molecule has 122 valence electrons. The fourth-order valence-electron chi connectivity index (χ4n) is 3.56. The van der Waals surface area contributed by atoms with Crippen LogP contribution in [0.4, 0.5) is 4.39 Å². The molecule has 3 aromatic rings. The van der Waals surface area contributed by atoms with Gasteiger partial charge in [-0.15, -0.1) is 0 Å². The molecule has 0 aliphatic heterocycles. The molecule has 1 aliphatic carbocycles. The second-order valence-electron chi connectivity index (χ2n) is 6.38. The van der Waals surface area contributed by atoms with E-state index in [0.29, 0.717) is 5.56 Å². The van der Waals surface area contributed by atoms with Gasteiger partial charge in [-0.3, -0.25) is 4.79 Å². The van der Waals surface area contributed by atoms with E-state index < -0.39 is 0 Å². The van der Waals surface area contributed by atoms with Crippen molar-refractivity contribution >= 4 is 16.8 Å². The van der Waals surface area contributed by atoms with E-state index in [4.69, 9.17) is 0 Å². The van der Waals surface area contributed by atoms with E-state index in [2.05, 4.69) is 22.4 Å². The third kappa shape index (κ3) is 2.68. The van der Waals surface area contributed by atoms with Crippen LogP contribution >= 0.6 is 0 Å². The molecule has 0 saturated heterocycles. The summed E-state index contributed by atoms with van der Waals surface area (Å²) in [5.74, 6) is -0.321. The maximum atomic E-state index is 13.7. The number of hydrogen-bond donors (Lipinski definition) is 2. The summed E-state index contributed by atoms with van der Waals surface area (Å²) in [6, 6.07) is 14.8. The lowest BCUT2D eigenvalue weighted by Crippen LogP contribution is -2.33. The van der Waals surface area contributed by atoms with Gasteiger partial charge in [0, 0.05) is 34.6 Å². The number of amides is 1. The van der Waals surface area contributed by atoms with Crippen LogP contribution in [0.1, 0.15) is 23.2 Å². The van der Waals surface area contributed by atoms with Gasteiger partial charge >= 0.3 is 0 Å². The van der Waals surface area contributed by atoms with E-state index >= 15 is 0 Å². The van der Waals surface area contributed by atoms with E-state index in [1.165, 1.54) is 22.7 Å². The molecule has 24 heavy (non-hydrogen) atoms. The molecule has 0 bridgehead atoms. The fourth-order valence-corrected chi connectivity index (χ4v) is 3.56. The zero-order chi connectivity index (χ0) is 16.5. The minimum Gasteiger partial charge on any atom is -0.358 e. The Morgan fingerprint density at radius 3 is 2.83 bits per heavy atom. The number of benzene rings is 2. The number of hydrogen-bond acceptors (Lipinski definition) is 1. The Morgan fingerprint density at radius 1 is 1.17 bits per heavy atom. The molecule has 0 saturated carbocycles. The maximum absolute atomic E-state index is 13.7. The molecular formula is C20H19FN2O. The van der Waals surface area contributed by atoms with Crippen LogP contribution in [0.15, 0.2) is 48.5 Å². The second-order valence-corrected chi connectivity index (χ2v) is 6.38. The quantitative estimate of drug-likeness (QED) is 0.758. The lowest BCUT2D eigenvalue weighted by molar-refractivity contribution is -0.125. The highest BCUT2D eigenvalue weighted by atomic mass is 19.1. The van der Waals surface area contributed by atoms with Crippen molar-refractivity contribution in [3.05, 3.63) is 71.2 Å². The lowest BCUT2D eigenvalue weighted by atomic mass is 9.86. The summed E-state index contributed by atoms with van der Waals surface area (Å²) >= 11 is 0. The average Bonchev–Trinajstić information content (AvgIpc) is 2.98. The van der Waals surface area contributed by atoms with Crippen LogP contribution in [-0.4, -0.2) is 10.9 Å². The molecule has 1 heterocycles. The average molecular weight is 322 g/mol. The number of halogens is 1. The Hall–Kier alpha value is -2.62. The predicted octanol–water partition coefficient (Wildman–Crippen LogP) is 3.73. The highest BCUT2D eigenvalue weighted by molar-refractivity contribution is 5.87. The van der Waals surface area contributed by atoms with Crippen molar-refractivity contribution in [2.24, 2.45) is 5.92 Å². The summed E-state index contributed by atoms with van der Waals surface area (Å²) < 4.78 is 13.7. The van der Waals surface area contributed by atoms with Crippen molar-refractivity contribution in [1.29, 1.82) is 0 Å². The van der Waals surface area contributed by atoms with Crippen LogP contribution in [0.5, 0.6) is 0 Å². The monoisotopic (exact) mass is 322 g/mol. The number of H-pyrrole nitrogens is 1. The van der Waals surface area contributed by atoms with Crippen LogP contribution < -0.4 is 5.32 Å². The molecule has 1 amide bonds. The van der Waals surface area contributed by atoms with Crippen molar-refractivity contribution in [2.45, 2.75) is 25.8 Å². The van der Waals surface area contributed by atoms with Crippen molar-refractivity contribution in [3.63, 3.8) is 0 Å². The number of rotatable bonds is 3. The number of aromatic amines is 1. The Bertz CT molecular complexity index is 900. The molecule has 4 heteroatoms. The van der Waals surface area contributed by atoms with Crippen LogP contribution in [-0.2, 0) is 24.2 Å². The van der Waals surface area contributed by atoms with Gasteiger partial charge in [0.1, 0.15) is 5.82 Å². The number of aryl methyl sites for hydroxylation is 1. The summed E-state index contributed by atoms with van der Waals surface area (Å²) in [5.41, 5.74) is 4.15. The fraction of sp³-hybridized carbons (Fsp3) is 0.250. The molecule has 3 nitrogen and oxygen atoms in total. The van der Waals surface area contributed by atoms with E-state index in [-0.39, 0.29) is 24.2 Å². The molecule has 0 fully saturated rings. The lowest BCUT2D eigenvalue weighted by Gasteiger charge is -2.22. The van der Waals surface area contributed by atoms with Gasteiger partial charge in [0.15, 0.2) is 0 Å². The van der Waals surface area contributed by atoms with Gasteiger partial charge in [-0.25, -0.2) is 4.39 Å². The van der Waals surface area contributed by atoms with Gasteiger partial charge in [0.2, 0.25) is 5.91 Å². The Balaban J connectivity index is 1.48. The normalized spacial score (nSPS) is 16.8. The SMILES string of the molecule is O=C(NCc1ccccc1F)C1CCc2[nH]c3ccccc3c2C1. The van der Waals surface area contributed by atoms with Crippen LogP contribution in [0.25, 0.3) is 10.9 Å². The zero-order valence-corrected chi connectivity index (χ0v) is 13.3. The van der Waals surface area contributed by atoms with Crippen molar-refractivity contribution < 1.29 is 9.18 Å². The molecule has 2 N–H and O–H groups in total. The summed E-state index contributed by atoms with van der Waals surface area (Å²) in [6.07, 6.45) is 2.44. The molecule has 2 aromatic carbocycles. The van der Waals surface area contributed by atoms with Gasteiger partial charge in [0.25, 0.3) is 0 Å². The summed E-state index contributed by atoms with van der Waals surface area (Å²) in [5, 5.41) is 4.10. The largest absolute Gasteiger partial charge is 0.358 e. The molecule has 1 aliphatic rings. The second kappa shape index (κ2) is 6.11. The van der Waals surface area contributed by atoms with Crippen molar-refractivity contribution in [1.82, 2.24) is 10.3 Å². The Kier molecular flexibility index (Phi) is 3.81. The van der Waals surface area contributed by atoms with Crippen molar-refractivity contribution in [3.8, 4) is 0 Å². The molecular weight excluding hydrogens is 303 g/mol. The topological polar surface area (TPSA) is 44.9 Å². The van der Waals surface area contributed by atoms with Crippen molar-refractivity contribution in [2.75, 3.05) is 0 Å². The molecule has 0 spiro atoms. The van der Waals surface area contributed by atoms with Gasteiger partial charge in [-0.05, 0) is 37.0 Å².